The van der Waals surface area contributed by atoms with Crippen LogP contribution in [0.1, 0.15) is 16.8 Å². The average Bonchev–Trinajstić information content (AvgIpc) is 3.40. The third kappa shape index (κ3) is 3.34. The van der Waals surface area contributed by atoms with Crippen LogP contribution in [-0.2, 0) is 17.6 Å². The van der Waals surface area contributed by atoms with E-state index in [4.69, 9.17) is 10.5 Å². The van der Waals surface area contributed by atoms with Crippen molar-refractivity contribution in [2.24, 2.45) is 0 Å². The molecule has 0 saturated heterocycles. The van der Waals surface area contributed by atoms with E-state index in [9.17, 15) is 4.79 Å². The molecule has 0 bridgehead atoms. The standard InChI is InChI=1S/C22H17FN6O2S/c1-31-22(30)27-21-26-16-6-5-14-18(13-3-2-8-25-11-13)28-29(19(14)20(16)32-21)17-7-4-12(10-24)9-15(17)23/h2-4,7-11,24H,5-6H2,1H3,(H,26,27,30). The highest BCUT2D eigenvalue weighted by Crippen LogP contribution is 2.44. The van der Waals surface area contributed by atoms with E-state index < -0.39 is 11.9 Å². The quantitative estimate of drug-likeness (QED) is 0.448. The predicted molar refractivity (Wildman–Crippen MR) is 119 cm³/mol. The van der Waals surface area contributed by atoms with Crippen molar-refractivity contribution in [3.63, 3.8) is 0 Å². The number of thiazole rings is 1. The zero-order chi connectivity index (χ0) is 22.2. The molecule has 0 saturated carbocycles. The van der Waals surface area contributed by atoms with Gasteiger partial charge in [-0.15, -0.1) is 0 Å². The summed E-state index contributed by atoms with van der Waals surface area (Å²) in [5.41, 5.74) is 4.80. The number of aryl methyl sites for hydroxylation is 1. The Bertz CT molecular complexity index is 1350. The number of pyridine rings is 1. The Kier molecular flexibility index (Phi) is 4.98. The summed E-state index contributed by atoms with van der Waals surface area (Å²) in [4.78, 5) is 21.2. The number of hydrogen-bond donors (Lipinski definition) is 2. The fraction of sp³-hybridized carbons (Fsp3) is 0.136. The van der Waals surface area contributed by atoms with Crippen LogP contribution in [0.2, 0.25) is 0 Å². The fourth-order valence-corrected chi connectivity index (χ4v) is 4.81. The molecule has 160 valence electrons. The second-order valence-corrected chi connectivity index (χ2v) is 8.09. The summed E-state index contributed by atoms with van der Waals surface area (Å²) in [6.07, 6.45) is 5.24. The maximum atomic E-state index is 15.0. The van der Waals surface area contributed by atoms with E-state index in [0.717, 1.165) is 39.3 Å². The third-order valence-corrected chi connectivity index (χ3v) is 6.22. The lowest BCUT2D eigenvalue weighted by Gasteiger charge is -2.14. The van der Waals surface area contributed by atoms with Crippen molar-refractivity contribution in [3.8, 4) is 27.5 Å². The van der Waals surface area contributed by atoms with Gasteiger partial charge in [-0.1, -0.05) is 17.4 Å². The zero-order valence-corrected chi connectivity index (χ0v) is 17.7. The van der Waals surface area contributed by atoms with Gasteiger partial charge in [0.15, 0.2) is 5.13 Å². The molecule has 0 aliphatic heterocycles. The van der Waals surface area contributed by atoms with Crippen molar-refractivity contribution in [1.82, 2.24) is 19.7 Å². The Morgan fingerprint density at radius 2 is 2.22 bits per heavy atom. The summed E-state index contributed by atoms with van der Waals surface area (Å²) < 4.78 is 21.3. The first kappa shape index (κ1) is 20.0. The van der Waals surface area contributed by atoms with Crippen LogP contribution in [0.25, 0.3) is 27.5 Å². The van der Waals surface area contributed by atoms with Crippen LogP contribution in [0.5, 0.6) is 0 Å². The number of rotatable bonds is 4. The van der Waals surface area contributed by atoms with E-state index in [2.05, 4.69) is 20.0 Å². The molecule has 1 amide bonds. The van der Waals surface area contributed by atoms with Crippen LogP contribution in [0.4, 0.5) is 14.3 Å². The molecule has 1 aliphatic rings. The van der Waals surface area contributed by atoms with E-state index in [1.807, 2.05) is 12.1 Å². The number of halogens is 1. The van der Waals surface area contributed by atoms with Crippen molar-refractivity contribution in [2.75, 3.05) is 12.4 Å². The van der Waals surface area contributed by atoms with Gasteiger partial charge in [0, 0.05) is 29.7 Å². The van der Waals surface area contributed by atoms with Gasteiger partial charge in [0.2, 0.25) is 0 Å². The number of anilines is 1. The van der Waals surface area contributed by atoms with Crippen LogP contribution < -0.4 is 5.32 Å². The summed E-state index contributed by atoms with van der Waals surface area (Å²) in [5.74, 6) is -0.487. The van der Waals surface area contributed by atoms with E-state index >= 15 is 4.39 Å². The lowest BCUT2D eigenvalue weighted by molar-refractivity contribution is 0.187. The summed E-state index contributed by atoms with van der Waals surface area (Å²) in [6, 6.07) is 8.34. The first-order valence-corrected chi connectivity index (χ1v) is 10.6. The van der Waals surface area contributed by atoms with Gasteiger partial charge in [0.05, 0.1) is 29.1 Å². The SMILES string of the molecule is COC(=O)Nc1nc2c(s1)-c1c(c(-c3cccnc3)nn1-c1ccc(C=N)cc1F)CC2. The van der Waals surface area contributed by atoms with Crippen molar-refractivity contribution >= 4 is 28.8 Å². The number of hydrogen-bond acceptors (Lipinski definition) is 7. The van der Waals surface area contributed by atoms with Gasteiger partial charge in [-0.3, -0.25) is 10.3 Å². The lowest BCUT2D eigenvalue weighted by atomic mass is 9.95. The van der Waals surface area contributed by atoms with Gasteiger partial charge in [-0.2, -0.15) is 5.10 Å². The maximum Gasteiger partial charge on any atom is 0.413 e. The van der Waals surface area contributed by atoms with Crippen LogP contribution in [0.15, 0.2) is 42.7 Å². The normalized spacial score (nSPS) is 12.1. The first-order valence-electron chi connectivity index (χ1n) is 9.76. The molecular formula is C22H17FN6O2S. The Morgan fingerprint density at radius 3 is 2.94 bits per heavy atom. The van der Waals surface area contributed by atoms with Crippen molar-refractivity contribution < 1.29 is 13.9 Å². The maximum absolute atomic E-state index is 15.0. The second-order valence-electron chi connectivity index (χ2n) is 7.10. The molecule has 8 nitrogen and oxygen atoms in total. The highest BCUT2D eigenvalue weighted by atomic mass is 32.1. The molecule has 4 aromatic rings. The van der Waals surface area contributed by atoms with Crippen LogP contribution in [-0.4, -0.2) is 39.2 Å². The minimum atomic E-state index is -0.603. The van der Waals surface area contributed by atoms with Gasteiger partial charge in [0.25, 0.3) is 0 Å². The lowest BCUT2D eigenvalue weighted by Crippen LogP contribution is -2.10. The Balaban J connectivity index is 1.73. The Hall–Kier alpha value is -3.92. The fourth-order valence-electron chi connectivity index (χ4n) is 3.76. The largest absolute Gasteiger partial charge is 0.453 e. The van der Waals surface area contributed by atoms with E-state index in [-0.39, 0.29) is 5.69 Å². The van der Waals surface area contributed by atoms with Gasteiger partial charge in [0.1, 0.15) is 11.5 Å². The second kappa shape index (κ2) is 7.97. The third-order valence-electron chi connectivity index (χ3n) is 5.20. The first-order chi connectivity index (χ1) is 15.6. The van der Waals surface area contributed by atoms with E-state index in [1.165, 1.54) is 24.5 Å². The number of nitrogens with one attached hydrogen (secondary N) is 2. The molecule has 3 aromatic heterocycles. The topological polar surface area (TPSA) is 106 Å². The number of ether oxygens (including phenoxy) is 1. The van der Waals surface area contributed by atoms with Gasteiger partial charge in [-0.05, 0) is 42.7 Å². The number of aromatic nitrogens is 4. The summed E-state index contributed by atoms with van der Waals surface area (Å²) >= 11 is 1.29. The molecule has 0 fully saturated rings. The van der Waals surface area contributed by atoms with Crippen molar-refractivity contribution in [3.05, 3.63) is 65.4 Å². The van der Waals surface area contributed by atoms with E-state index in [0.29, 0.717) is 23.5 Å². The monoisotopic (exact) mass is 448 g/mol. The molecule has 0 radical (unpaired) electrons. The van der Waals surface area contributed by atoms with Crippen molar-refractivity contribution in [2.45, 2.75) is 12.8 Å². The zero-order valence-electron chi connectivity index (χ0n) is 16.9. The van der Waals surface area contributed by atoms with Crippen LogP contribution >= 0.6 is 11.3 Å². The van der Waals surface area contributed by atoms with E-state index in [1.54, 1.807) is 29.2 Å². The number of methoxy groups -OCH3 is 1. The number of benzene rings is 1. The summed E-state index contributed by atoms with van der Waals surface area (Å²) in [6.45, 7) is 0. The van der Waals surface area contributed by atoms with Crippen molar-refractivity contribution in [1.29, 1.82) is 5.41 Å². The predicted octanol–water partition coefficient (Wildman–Crippen LogP) is 4.47. The minimum absolute atomic E-state index is 0.269. The number of carbonyl (C=O) groups excluding carboxylic acids is 1. The Morgan fingerprint density at radius 1 is 1.34 bits per heavy atom. The highest BCUT2D eigenvalue weighted by Gasteiger charge is 2.30. The molecule has 5 rings (SSSR count). The number of fused-ring (bicyclic) bond motifs is 3. The van der Waals surface area contributed by atoms with Gasteiger partial charge in [-0.25, -0.2) is 18.9 Å². The molecule has 0 atom stereocenters. The average molecular weight is 448 g/mol. The van der Waals surface area contributed by atoms with Gasteiger partial charge >= 0.3 is 6.09 Å². The molecule has 0 spiro atoms. The van der Waals surface area contributed by atoms with Crippen LogP contribution in [0.3, 0.4) is 0 Å². The highest BCUT2D eigenvalue weighted by molar-refractivity contribution is 7.19. The summed E-state index contributed by atoms with van der Waals surface area (Å²) in [5, 5.41) is 15.2. The molecule has 0 unspecified atom stereocenters. The summed E-state index contributed by atoms with van der Waals surface area (Å²) in [7, 11) is 1.29. The van der Waals surface area contributed by atoms with Gasteiger partial charge < -0.3 is 10.1 Å². The molecule has 2 N–H and O–H groups in total. The molecule has 1 aliphatic carbocycles. The van der Waals surface area contributed by atoms with Crippen LogP contribution in [0, 0.1) is 11.2 Å². The molecule has 32 heavy (non-hydrogen) atoms. The molecular weight excluding hydrogens is 431 g/mol. The minimum Gasteiger partial charge on any atom is -0.453 e. The Labute approximate surface area is 186 Å². The molecule has 3 heterocycles. The smallest absolute Gasteiger partial charge is 0.413 e. The molecule has 10 heteroatoms. The number of nitrogens with zero attached hydrogens (tertiary/aromatic N) is 4. The number of amides is 1. The molecule has 1 aromatic carbocycles. The number of carbonyl (C=O) groups is 1.